The van der Waals surface area contributed by atoms with E-state index in [4.69, 9.17) is 14.2 Å². The number of nitro benzene ring substituents is 1. The molecule has 4 rings (SSSR count). The van der Waals surface area contributed by atoms with E-state index in [1.165, 1.54) is 23.9 Å². The van der Waals surface area contributed by atoms with E-state index in [2.05, 4.69) is 4.99 Å². The summed E-state index contributed by atoms with van der Waals surface area (Å²) in [5, 5.41) is 10.7. The zero-order valence-corrected chi connectivity index (χ0v) is 16.9. The van der Waals surface area contributed by atoms with Crippen molar-refractivity contribution in [2.75, 3.05) is 13.4 Å². The molecule has 30 heavy (non-hydrogen) atoms. The summed E-state index contributed by atoms with van der Waals surface area (Å²) in [6.07, 6.45) is 1.74. The van der Waals surface area contributed by atoms with Crippen LogP contribution in [-0.2, 0) is 0 Å². The zero-order valence-electron chi connectivity index (χ0n) is 16.1. The van der Waals surface area contributed by atoms with Gasteiger partial charge in [0.1, 0.15) is 5.75 Å². The van der Waals surface area contributed by atoms with Crippen LogP contribution in [0.2, 0.25) is 0 Å². The molecule has 0 radical (unpaired) electrons. The molecule has 0 bridgehead atoms. The van der Waals surface area contributed by atoms with Gasteiger partial charge in [-0.15, -0.1) is 0 Å². The molecule has 0 aromatic heterocycles. The maximum atomic E-state index is 10.7. The van der Waals surface area contributed by atoms with Gasteiger partial charge in [-0.1, -0.05) is 11.8 Å². The summed E-state index contributed by atoms with van der Waals surface area (Å²) in [4.78, 5) is 16.8. The van der Waals surface area contributed by atoms with Gasteiger partial charge in [0.05, 0.1) is 17.2 Å². The monoisotopic (exact) mass is 422 g/mol. The number of hydrogen-bond acceptors (Lipinski definition) is 7. The highest BCUT2D eigenvalue weighted by Gasteiger charge is 2.17. The highest BCUT2D eigenvalue weighted by atomic mass is 32.2. The molecule has 1 heterocycles. The van der Waals surface area contributed by atoms with E-state index in [0.29, 0.717) is 23.9 Å². The molecular weight excluding hydrogens is 404 g/mol. The predicted molar refractivity (Wildman–Crippen MR) is 115 cm³/mol. The Hall–Kier alpha value is -3.52. The van der Waals surface area contributed by atoms with E-state index in [1.54, 1.807) is 18.3 Å². The van der Waals surface area contributed by atoms with E-state index in [9.17, 15) is 10.1 Å². The van der Waals surface area contributed by atoms with E-state index < -0.39 is 4.92 Å². The number of fused-ring (bicyclic) bond motifs is 1. The standard InChI is InChI=1S/C22H18N2O5S/c1-2-27-20-12-22-21(28-14-29-22)11-15(20)13-23-16-3-7-18(8-4-16)30-19-9-5-17(6-10-19)24(25)26/h3-13H,2,14H2,1H3. The first kappa shape index (κ1) is 19.8. The molecule has 7 nitrogen and oxygen atoms in total. The molecule has 0 amide bonds. The number of ether oxygens (including phenoxy) is 3. The number of non-ortho nitro benzene ring substituents is 1. The van der Waals surface area contributed by atoms with Crippen molar-refractivity contribution in [1.29, 1.82) is 0 Å². The van der Waals surface area contributed by atoms with Gasteiger partial charge in [0.2, 0.25) is 6.79 Å². The summed E-state index contributed by atoms with van der Waals surface area (Å²) >= 11 is 1.53. The summed E-state index contributed by atoms with van der Waals surface area (Å²) in [7, 11) is 0. The molecule has 0 saturated heterocycles. The molecule has 0 N–H and O–H groups in total. The highest BCUT2D eigenvalue weighted by molar-refractivity contribution is 7.99. The van der Waals surface area contributed by atoms with Crippen molar-refractivity contribution in [3.63, 3.8) is 0 Å². The Morgan fingerprint density at radius 1 is 1.07 bits per heavy atom. The molecule has 0 spiro atoms. The maximum absolute atomic E-state index is 10.7. The SMILES string of the molecule is CCOc1cc2c(cc1C=Nc1ccc(Sc3ccc([N+](=O)[O-])cc3)cc1)OCO2. The van der Waals surface area contributed by atoms with E-state index in [1.807, 2.05) is 43.3 Å². The van der Waals surface area contributed by atoms with Gasteiger partial charge in [-0.25, -0.2) is 0 Å². The zero-order chi connectivity index (χ0) is 20.9. The number of hydrogen-bond donors (Lipinski definition) is 0. The Morgan fingerprint density at radius 2 is 1.70 bits per heavy atom. The van der Waals surface area contributed by atoms with Crippen molar-refractivity contribution in [3.05, 3.63) is 76.3 Å². The van der Waals surface area contributed by atoms with Crippen LogP contribution in [0.1, 0.15) is 12.5 Å². The van der Waals surface area contributed by atoms with Gasteiger partial charge in [-0.2, -0.15) is 0 Å². The fourth-order valence-electron chi connectivity index (χ4n) is 2.84. The largest absolute Gasteiger partial charge is 0.493 e. The van der Waals surface area contributed by atoms with E-state index in [0.717, 1.165) is 21.0 Å². The average molecular weight is 422 g/mol. The number of aliphatic imine (C=N–C) groups is 1. The summed E-state index contributed by atoms with van der Waals surface area (Å²) in [5.41, 5.74) is 1.69. The predicted octanol–water partition coefficient (Wildman–Crippen LogP) is 5.62. The van der Waals surface area contributed by atoms with Crippen LogP contribution in [0.15, 0.2) is 75.4 Å². The third-order valence-electron chi connectivity index (χ3n) is 4.28. The highest BCUT2D eigenvalue weighted by Crippen LogP contribution is 2.38. The third-order valence-corrected chi connectivity index (χ3v) is 5.29. The minimum absolute atomic E-state index is 0.0824. The average Bonchev–Trinajstić information content (AvgIpc) is 3.21. The second-order valence-electron chi connectivity index (χ2n) is 6.28. The van der Waals surface area contributed by atoms with Gasteiger partial charge >= 0.3 is 0 Å². The number of rotatable bonds is 7. The Morgan fingerprint density at radius 3 is 2.33 bits per heavy atom. The van der Waals surface area contributed by atoms with Crippen LogP contribution in [-0.4, -0.2) is 24.5 Å². The lowest BCUT2D eigenvalue weighted by molar-refractivity contribution is -0.384. The summed E-state index contributed by atoms with van der Waals surface area (Å²) in [5.74, 6) is 2.04. The first-order chi connectivity index (χ1) is 14.6. The maximum Gasteiger partial charge on any atom is 0.269 e. The molecule has 0 saturated carbocycles. The minimum atomic E-state index is -0.404. The van der Waals surface area contributed by atoms with Crippen LogP contribution in [0, 0.1) is 10.1 Å². The van der Waals surface area contributed by atoms with Gasteiger partial charge in [0.15, 0.2) is 11.5 Å². The first-order valence-electron chi connectivity index (χ1n) is 9.25. The van der Waals surface area contributed by atoms with Crippen molar-refractivity contribution in [2.24, 2.45) is 4.99 Å². The summed E-state index contributed by atoms with van der Waals surface area (Å²) in [6, 6.07) is 17.9. The lowest BCUT2D eigenvalue weighted by atomic mass is 10.2. The van der Waals surface area contributed by atoms with Crippen LogP contribution < -0.4 is 14.2 Å². The molecule has 0 unspecified atom stereocenters. The van der Waals surface area contributed by atoms with Gasteiger partial charge in [0.25, 0.3) is 5.69 Å². The Kier molecular flexibility index (Phi) is 5.85. The van der Waals surface area contributed by atoms with Crippen molar-refractivity contribution in [3.8, 4) is 17.2 Å². The summed E-state index contributed by atoms with van der Waals surface area (Å²) in [6.45, 7) is 2.66. The minimum Gasteiger partial charge on any atom is -0.493 e. The molecule has 0 fully saturated rings. The van der Waals surface area contributed by atoms with E-state index in [-0.39, 0.29) is 12.5 Å². The fourth-order valence-corrected chi connectivity index (χ4v) is 3.65. The molecule has 3 aromatic carbocycles. The van der Waals surface area contributed by atoms with E-state index >= 15 is 0 Å². The quantitative estimate of drug-likeness (QED) is 0.279. The lowest BCUT2D eigenvalue weighted by Gasteiger charge is -2.08. The molecule has 0 atom stereocenters. The van der Waals surface area contributed by atoms with Gasteiger partial charge in [0, 0.05) is 39.8 Å². The van der Waals surface area contributed by atoms with Crippen LogP contribution >= 0.6 is 11.8 Å². The Bertz CT molecular complexity index is 1080. The molecule has 1 aliphatic rings. The lowest BCUT2D eigenvalue weighted by Crippen LogP contribution is -1.96. The van der Waals surface area contributed by atoms with Gasteiger partial charge in [-0.3, -0.25) is 15.1 Å². The van der Waals surface area contributed by atoms with Crippen LogP contribution in [0.5, 0.6) is 17.2 Å². The van der Waals surface area contributed by atoms with Crippen molar-refractivity contribution >= 4 is 29.4 Å². The van der Waals surface area contributed by atoms with Gasteiger partial charge in [-0.05, 0) is 49.4 Å². The number of benzene rings is 3. The topological polar surface area (TPSA) is 83.2 Å². The van der Waals surface area contributed by atoms with Crippen molar-refractivity contribution in [1.82, 2.24) is 0 Å². The Labute approximate surface area is 177 Å². The van der Waals surface area contributed by atoms with Crippen molar-refractivity contribution < 1.29 is 19.1 Å². The normalized spacial score (nSPS) is 12.3. The molecule has 3 aromatic rings. The molecular formula is C22H18N2O5S. The second kappa shape index (κ2) is 8.87. The molecule has 8 heteroatoms. The number of nitrogens with zero attached hydrogens (tertiary/aromatic N) is 2. The van der Waals surface area contributed by atoms with Crippen LogP contribution in [0.3, 0.4) is 0 Å². The van der Waals surface area contributed by atoms with Crippen LogP contribution in [0.4, 0.5) is 11.4 Å². The Balaban J connectivity index is 1.47. The fraction of sp³-hybridized carbons (Fsp3) is 0.136. The van der Waals surface area contributed by atoms with Gasteiger partial charge < -0.3 is 14.2 Å². The molecule has 1 aliphatic heterocycles. The summed E-state index contributed by atoms with van der Waals surface area (Å²) < 4.78 is 16.5. The molecule has 0 aliphatic carbocycles. The van der Waals surface area contributed by atoms with Crippen LogP contribution in [0.25, 0.3) is 0 Å². The third kappa shape index (κ3) is 4.55. The number of nitro groups is 1. The molecule has 152 valence electrons. The second-order valence-corrected chi connectivity index (χ2v) is 7.43. The smallest absolute Gasteiger partial charge is 0.269 e. The first-order valence-corrected chi connectivity index (χ1v) is 10.1. The van der Waals surface area contributed by atoms with Crippen molar-refractivity contribution in [2.45, 2.75) is 16.7 Å².